The Morgan fingerprint density at radius 2 is 1.70 bits per heavy atom. The average Bonchev–Trinajstić information content (AvgIpc) is 2.80. The molecule has 0 bridgehead atoms. The van der Waals surface area contributed by atoms with Crippen LogP contribution in [0.4, 0.5) is 11.4 Å². The number of hydrogen-bond acceptors (Lipinski definition) is 3. The van der Waals surface area contributed by atoms with E-state index >= 15 is 0 Å². The molecule has 5 rings (SSSR count). The number of nitrogens with zero attached hydrogens (tertiary/aromatic N) is 1. The second-order valence-electron chi connectivity index (χ2n) is 8.44. The average molecular weight is 400 g/mol. The van der Waals surface area contributed by atoms with Gasteiger partial charge in [0.15, 0.2) is 0 Å². The highest BCUT2D eigenvalue weighted by Crippen LogP contribution is 2.39. The number of aliphatic imine (C=N–C) groups is 1. The standard InChI is InChI=1S/C26H29N3O/c1-3-9-21(10-4-1)30-22-15-13-20(14-16-22)19-27-25-26(17-7-2-8-18-26)29-24-12-6-5-11-23(24)28-25/h3,5-6,9-16,29H,1-2,4,7-8,17-19H2,(H,27,28). The van der Waals surface area contributed by atoms with Gasteiger partial charge < -0.3 is 15.4 Å². The third-order valence-electron chi connectivity index (χ3n) is 6.25. The topological polar surface area (TPSA) is 45.6 Å². The zero-order valence-electron chi connectivity index (χ0n) is 17.4. The Morgan fingerprint density at radius 1 is 0.900 bits per heavy atom. The van der Waals surface area contributed by atoms with Gasteiger partial charge in [-0.25, -0.2) is 0 Å². The van der Waals surface area contributed by atoms with E-state index in [9.17, 15) is 0 Å². The quantitative estimate of drug-likeness (QED) is 0.622. The van der Waals surface area contributed by atoms with Gasteiger partial charge in [0.05, 0.1) is 23.5 Å². The fourth-order valence-electron chi connectivity index (χ4n) is 4.61. The molecule has 0 radical (unpaired) electrons. The van der Waals surface area contributed by atoms with E-state index in [1.165, 1.54) is 30.5 Å². The van der Waals surface area contributed by atoms with Crippen molar-refractivity contribution in [3.63, 3.8) is 0 Å². The molecule has 1 spiro atoms. The highest BCUT2D eigenvalue weighted by Gasteiger charge is 2.40. The summed E-state index contributed by atoms with van der Waals surface area (Å²) in [6.07, 6.45) is 14.5. The van der Waals surface area contributed by atoms with Gasteiger partial charge >= 0.3 is 0 Å². The third-order valence-corrected chi connectivity index (χ3v) is 6.25. The fourth-order valence-corrected chi connectivity index (χ4v) is 4.61. The first-order chi connectivity index (χ1) is 14.8. The van der Waals surface area contributed by atoms with E-state index < -0.39 is 0 Å². The summed E-state index contributed by atoms with van der Waals surface area (Å²) in [6.45, 7) is 0.664. The molecule has 4 heteroatoms. The summed E-state index contributed by atoms with van der Waals surface area (Å²) in [7, 11) is 0. The van der Waals surface area contributed by atoms with Crippen LogP contribution in [0.2, 0.25) is 0 Å². The molecule has 154 valence electrons. The highest BCUT2D eigenvalue weighted by molar-refractivity contribution is 6.09. The predicted octanol–water partition coefficient (Wildman–Crippen LogP) is 6.44. The van der Waals surface area contributed by atoms with Gasteiger partial charge in [0.2, 0.25) is 0 Å². The van der Waals surface area contributed by atoms with Crippen LogP contribution in [0.1, 0.15) is 50.5 Å². The summed E-state index contributed by atoms with van der Waals surface area (Å²) >= 11 is 0. The number of hydrogen-bond donors (Lipinski definition) is 2. The monoisotopic (exact) mass is 399 g/mol. The Bertz CT molecular complexity index is 982. The molecule has 2 aromatic carbocycles. The van der Waals surface area contributed by atoms with Crippen LogP contribution in [-0.4, -0.2) is 11.4 Å². The minimum absolute atomic E-state index is 0.0601. The molecule has 1 heterocycles. The summed E-state index contributed by atoms with van der Waals surface area (Å²) in [6, 6.07) is 16.7. The molecule has 3 aliphatic rings. The summed E-state index contributed by atoms with van der Waals surface area (Å²) in [5.74, 6) is 2.89. The molecule has 0 aromatic heterocycles. The maximum Gasteiger partial charge on any atom is 0.127 e. The summed E-state index contributed by atoms with van der Waals surface area (Å²) in [5.41, 5.74) is 3.43. The van der Waals surface area contributed by atoms with Crippen LogP contribution in [0.5, 0.6) is 5.75 Å². The zero-order valence-corrected chi connectivity index (χ0v) is 17.4. The van der Waals surface area contributed by atoms with Gasteiger partial charge in [-0.05, 0) is 67.7 Å². The van der Waals surface area contributed by atoms with E-state index in [1.54, 1.807) is 0 Å². The highest BCUT2D eigenvalue weighted by atomic mass is 16.5. The largest absolute Gasteiger partial charge is 0.458 e. The minimum atomic E-state index is -0.0601. The molecule has 0 saturated heterocycles. The third kappa shape index (κ3) is 4.00. The smallest absolute Gasteiger partial charge is 0.127 e. The zero-order chi connectivity index (χ0) is 20.2. The Labute approximate surface area is 178 Å². The molecule has 4 nitrogen and oxygen atoms in total. The van der Waals surface area contributed by atoms with Crippen LogP contribution < -0.4 is 15.4 Å². The molecule has 1 saturated carbocycles. The van der Waals surface area contributed by atoms with Crippen LogP contribution in [0.15, 0.2) is 77.5 Å². The van der Waals surface area contributed by atoms with Crippen molar-refractivity contribution in [3.8, 4) is 5.75 Å². The first-order valence-corrected chi connectivity index (χ1v) is 11.1. The molecule has 30 heavy (non-hydrogen) atoms. The first kappa shape index (κ1) is 19.0. The fraction of sp³-hybridized carbons (Fsp3) is 0.346. The van der Waals surface area contributed by atoms with Crippen molar-refractivity contribution in [1.29, 1.82) is 0 Å². The number of fused-ring (bicyclic) bond motifs is 1. The van der Waals surface area contributed by atoms with Crippen molar-refractivity contribution < 1.29 is 4.74 Å². The van der Waals surface area contributed by atoms with Gasteiger partial charge in [-0.2, -0.15) is 0 Å². The van der Waals surface area contributed by atoms with Crippen molar-refractivity contribution in [1.82, 2.24) is 0 Å². The number of para-hydroxylation sites is 2. The second-order valence-corrected chi connectivity index (χ2v) is 8.44. The van der Waals surface area contributed by atoms with Gasteiger partial charge in [0.1, 0.15) is 17.3 Å². The van der Waals surface area contributed by atoms with E-state index in [0.29, 0.717) is 6.54 Å². The maximum absolute atomic E-state index is 5.95. The van der Waals surface area contributed by atoms with Crippen molar-refractivity contribution in [2.45, 2.75) is 57.0 Å². The Hall–Kier alpha value is -3.01. The molecule has 1 fully saturated rings. The normalized spacial score (nSPS) is 20.8. The van der Waals surface area contributed by atoms with Gasteiger partial charge in [-0.3, -0.25) is 4.99 Å². The van der Waals surface area contributed by atoms with Gasteiger partial charge in [-0.1, -0.05) is 49.6 Å². The molecular weight excluding hydrogens is 370 g/mol. The lowest BCUT2D eigenvalue weighted by Gasteiger charge is -2.44. The van der Waals surface area contributed by atoms with Gasteiger partial charge in [0.25, 0.3) is 0 Å². The molecule has 2 aliphatic carbocycles. The maximum atomic E-state index is 5.95. The van der Waals surface area contributed by atoms with E-state index in [1.807, 2.05) is 18.2 Å². The van der Waals surface area contributed by atoms with Crippen LogP contribution in [0.25, 0.3) is 0 Å². The Balaban J connectivity index is 1.33. The molecule has 0 amide bonds. The predicted molar refractivity (Wildman–Crippen MR) is 124 cm³/mol. The summed E-state index contributed by atoms with van der Waals surface area (Å²) in [5, 5.41) is 7.47. The SMILES string of the molecule is C1=CC(Oc2ccc(CN=C3Nc4ccccc4NC34CCCCC4)cc2)=CCC1. The van der Waals surface area contributed by atoms with E-state index in [0.717, 1.165) is 48.7 Å². The van der Waals surface area contributed by atoms with E-state index in [2.05, 4.69) is 59.2 Å². The number of rotatable bonds is 4. The summed E-state index contributed by atoms with van der Waals surface area (Å²) in [4.78, 5) is 5.05. The second kappa shape index (κ2) is 8.39. The molecular formula is C26H29N3O. The van der Waals surface area contributed by atoms with Crippen LogP contribution in [0, 0.1) is 0 Å². The number of anilines is 2. The number of nitrogens with one attached hydrogen (secondary N) is 2. The minimum Gasteiger partial charge on any atom is -0.458 e. The molecule has 2 aromatic rings. The Morgan fingerprint density at radius 3 is 2.47 bits per heavy atom. The van der Waals surface area contributed by atoms with Gasteiger partial charge in [0, 0.05) is 0 Å². The number of amidine groups is 1. The first-order valence-electron chi connectivity index (χ1n) is 11.1. The lowest BCUT2D eigenvalue weighted by Crippen LogP contribution is -2.53. The van der Waals surface area contributed by atoms with Crippen molar-refractivity contribution in [3.05, 3.63) is 78.1 Å². The van der Waals surface area contributed by atoms with Crippen molar-refractivity contribution in [2.24, 2.45) is 4.99 Å². The number of ether oxygens (including phenoxy) is 1. The van der Waals surface area contributed by atoms with Crippen LogP contribution in [-0.2, 0) is 6.54 Å². The lowest BCUT2D eigenvalue weighted by molar-refractivity contribution is 0.403. The molecule has 0 atom stereocenters. The van der Waals surface area contributed by atoms with Crippen molar-refractivity contribution in [2.75, 3.05) is 10.6 Å². The van der Waals surface area contributed by atoms with E-state index in [4.69, 9.17) is 9.73 Å². The number of allylic oxidation sites excluding steroid dienone is 3. The van der Waals surface area contributed by atoms with E-state index in [-0.39, 0.29) is 5.54 Å². The summed E-state index contributed by atoms with van der Waals surface area (Å²) < 4.78 is 5.95. The van der Waals surface area contributed by atoms with Gasteiger partial charge in [-0.15, -0.1) is 0 Å². The van der Waals surface area contributed by atoms with Crippen molar-refractivity contribution >= 4 is 17.2 Å². The molecule has 0 unspecified atom stereocenters. The van der Waals surface area contributed by atoms with Crippen LogP contribution >= 0.6 is 0 Å². The molecule has 1 aliphatic heterocycles. The number of benzene rings is 2. The lowest BCUT2D eigenvalue weighted by atomic mass is 9.79. The molecule has 2 N–H and O–H groups in total. The Kier molecular flexibility index (Phi) is 5.31. The van der Waals surface area contributed by atoms with Crippen LogP contribution in [0.3, 0.4) is 0 Å².